The van der Waals surface area contributed by atoms with Crippen molar-refractivity contribution in [2.45, 2.75) is 32.2 Å². The van der Waals surface area contributed by atoms with Crippen LogP contribution in [-0.4, -0.2) is 27.7 Å². The van der Waals surface area contributed by atoms with E-state index in [0.717, 1.165) is 17.9 Å². The van der Waals surface area contributed by atoms with E-state index in [1.54, 1.807) is 42.5 Å². The standard InChI is InChI=1S/C22H19Cl3N2O3/c23-15-8-5-13(6-9-15)20(28)26(12-14-7-10-16(24)11-19(14)25)27-21(29)17-3-1-2-4-18(17)22(27)30/h5-11,17-18H,1-4,12H2/t17-,18+. The third kappa shape index (κ3) is 3.94. The fourth-order valence-electron chi connectivity index (χ4n) is 4.17. The van der Waals surface area contributed by atoms with Crippen LogP contribution in [0.3, 0.4) is 0 Å². The Bertz CT molecular complexity index is 985. The molecule has 30 heavy (non-hydrogen) atoms. The molecule has 2 aliphatic rings. The van der Waals surface area contributed by atoms with Crippen LogP contribution in [0.15, 0.2) is 42.5 Å². The van der Waals surface area contributed by atoms with Gasteiger partial charge in [0.05, 0.1) is 18.4 Å². The highest BCUT2D eigenvalue weighted by Crippen LogP contribution is 2.39. The molecule has 8 heteroatoms. The lowest BCUT2D eigenvalue weighted by molar-refractivity contribution is -0.155. The molecule has 0 N–H and O–H groups in total. The van der Waals surface area contributed by atoms with Crippen molar-refractivity contribution >= 4 is 52.5 Å². The number of halogens is 3. The largest absolute Gasteiger partial charge is 0.273 e. The maximum Gasteiger partial charge on any atom is 0.273 e. The summed E-state index contributed by atoms with van der Waals surface area (Å²) in [5.41, 5.74) is 0.902. The van der Waals surface area contributed by atoms with Crippen molar-refractivity contribution in [1.82, 2.24) is 10.0 Å². The number of hydrogen-bond donors (Lipinski definition) is 0. The summed E-state index contributed by atoms with van der Waals surface area (Å²) in [6.07, 6.45) is 3.14. The van der Waals surface area contributed by atoms with E-state index in [1.807, 2.05) is 0 Å². The van der Waals surface area contributed by atoms with Gasteiger partial charge in [-0.1, -0.05) is 53.7 Å². The zero-order chi connectivity index (χ0) is 21.4. The van der Waals surface area contributed by atoms with Gasteiger partial charge in [0.25, 0.3) is 17.7 Å². The Kier molecular flexibility index (Phi) is 6.05. The Morgan fingerprint density at radius 3 is 2.03 bits per heavy atom. The molecule has 1 saturated carbocycles. The summed E-state index contributed by atoms with van der Waals surface area (Å²) in [5, 5.41) is 3.52. The molecule has 3 amide bonds. The molecule has 2 aromatic rings. The van der Waals surface area contributed by atoms with E-state index in [4.69, 9.17) is 34.8 Å². The van der Waals surface area contributed by atoms with Crippen molar-refractivity contribution < 1.29 is 14.4 Å². The van der Waals surface area contributed by atoms with Gasteiger partial charge in [-0.2, -0.15) is 5.01 Å². The van der Waals surface area contributed by atoms with Crippen LogP contribution in [-0.2, 0) is 16.1 Å². The van der Waals surface area contributed by atoms with Gasteiger partial charge in [0, 0.05) is 20.6 Å². The number of benzene rings is 2. The lowest BCUT2D eigenvalue weighted by atomic mass is 9.81. The fourth-order valence-corrected chi connectivity index (χ4v) is 4.76. The van der Waals surface area contributed by atoms with Crippen molar-refractivity contribution in [3.05, 3.63) is 68.7 Å². The Balaban J connectivity index is 1.73. The van der Waals surface area contributed by atoms with Crippen LogP contribution in [0.1, 0.15) is 41.6 Å². The summed E-state index contributed by atoms with van der Waals surface area (Å²) in [7, 11) is 0. The number of nitrogens with zero attached hydrogens (tertiary/aromatic N) is 2. The molecule has 1 saturated heterocycles. The second kappa shape index (κ2) is 8.58. The van der Waals surface area contributed by atoms with E-state index in [-0.39, 0.29) is 30.2 Å². The monoisotopic (exact) mass is 464 g/mol. The third-order valence-corrected chi connectivity index (χ3v) is 6.56. The van der Waals surface area contributed by atoms with Gasteiger partial charge < -0.3 is 0 Å². The Labute approximate surface area is 189 Å². The van der Waals surface area contributed by atoms with Gasteiger partial charge in [0.1, 0.15) is 0 Å². The zero-order valence-electron chi connectivity index (χ0n) is 16.0. The normalized spacial score (nSPS) is 21.0. The highest BCUT2D eigenvalue weighted by Gasteiger charge is 2.51. The van der Waals surface area contributed by atoms with E-state index >= 15 is 0 Å². The number of hydrogen-bond acceptors (Lipinski definition) is 3. The number of hydrazine groups is 1. The summed E-state index contributed by atoms with van der Waals surface area (Å²) in [4.78, 5) is 39.7. The van der Waals surface area contributed by atoms with Gasteiger partial charge in [-0.3, -0.25) is 14.4 Å². The quantitative estimate of drug-likeness (QED) is 0.570. The lowest BCUT2D eigenvalue weighted by Crippen LogP contribution is -2.49. The molecule has 5 nitrogen and oxygen atoms in total. The van der Waals surface area contributed by atoms with Gasteiger partial charge in [0.15, 0.2) is 0 Å². The van der Waals surface area contributed by atoms with Crippen LogP contribution in [0, 0.1) is 11.8 Å². The highest BCUT2D eigenvalue weighted by atomic mass is 35.5. The van der Waals surface area contributed by atoms with Gasteiger partial charge in [-0.15, -0.1) is 0 Å². The number of amides is 3. The van der Waals surface area contributed by atoms with E-state index in [0.29, 0.717) is 39.0 Å². The molecule has 0 radical (unpaired) electrons. The molecule has 4 rings (SSSR count). The van der Waals surface area contributed by atoms with Crippen LogP contribution in [0.2, 0.25) is 15.1 Å². The van der Waals surface area contributed by atoms with Crippen LogP contribution in [0.5, 0.6) is 0 Å². The smallest absolute Gasteiger partial charge is 0.272 e. The molecule has 156 valence electrons. The molecule has 0 aromatic heterocycles. The second-order valence-corrected chi connectivity index (χ2v) is 8.87. The average Bonchev–Trinajstić information content (AvgIpc) is 2.98. The maximum absolute atomic E-state index is 13.4. The molecular formula is C22H19Cl3N2O3. The first kappa shape index (κ1) is 21.2. The summed E-state index contributed by atoms with van der Waals surface area (Å²) in [6.45, 7) is -0.0334. The van der Waals surface area contributed by atoms with E-state index < -0.39 is 5.91 Å². The molecule has 1 aliphatic carbocycles. The highest BCUT2D eigenvalue weighted by molar-refractivity contribution is 6.35. The van der Waals surface area contributed by atoms with Gasteiger partial charge >= 0.3 is 0 Å². The molecule has 0 bridgehead atoms. The first-order chi connectivity index (χ1) is 14.4. The van der Waals surface area contributed by atoms with E-state index in [2.05, 4.69) is 0 Å². The molecule has 2 atom stereocenters. The Hall–Kier alpha value is -2.08. The number of fused-ring (bicyclic) bond motifs is 1. The lowest BCUT2D eigenvalue weighted by Gasteiger charge is -2.31. The second-order valence-electron chi connectivity index (χ2n) is 7.59. The maximum atomic E-state index is 13.4. The average molecular weight is 466 g/mol. The van der Waals surface area contributed by atoms with Gasteiger partial charge in [-0.05, 0) is 54.8 Å². The summed E-state index contributed by atoms with van der Waals surface area (Å²) in [6, 6.07) is 11.2. The minimum Gasteiger partial charge on any atom is -0.272 e. The van der Waals surface area contributed by atoms with Crippen molar-refractivity contribution in [3.63, 3.8) is 0 Å². The number of rotatable bonds is 4. The topological polar surface area (TPSA) is 57.7 Å². The molecule has 0 spiro atoms. The molecular weight excluding hydrogens is 447 g/mol. The van der Waals surface area contributed by atoms with Crippen LogP contribution in [0.4, 0.5) is 0 Å². The molecule has 0 unspecified atom stereocenters. The van der Waals surface area contributed by atoms with Crippen molar-refractivity contribution in [1.29, 1.82) is 0 Å². The van der Waals surface area contributed by atoms with Gasteiger partial charge in [0.2, 0.25) is 0 Å². The number of carbonyl (C=O) groups excluding carboxylic acids is 3. The van der Waals surface area contributed by atoms with E-state index in [1.165, 1.54) is 5.01 Å². The fraction of sp³-hybridized carbons (Fsp3) is 0.318. The molecule has 2 fully saturated rings. The summed E-state index contributed by atoms with van der Waals surface area (Å²) >= 11 is 18.2. The minimum atomic E-state index is -0.474. The predicted octanol–water partition coefficient (Wildman–Crippen LogP) is 5.38. The first-order valence-electron chi connectivity index (χ1n) is 9.76. The van der Waals surface area contributed by atoms with Crippen LogP contribution >= 0.6 is 34.8 Å². The third-order valence-electron chi connectivity index (χ3n) is 5.72. The van der Waals surface area contributed by atoms with E-state index in [9.17, 15) is 14.4 Å². The summed E-state index contributed by atoms with van der Waals surface area (Å²) in [5.74, 6) is -1.85. The zero-order valence-corrected chi connectivity index (χ0v) is 18.3. The van der Waals surface area contributed by atoms with Crippen molar-refractivity contribution in [2.75, 3.05) is 0 Å². The van der Waals surface area contributed by atoms with Crippen LogP contribution < -0.4 is 0 Å². The molecule has 1 aliphatic heterocycles. The Morgan fingerprint density at radius 1 is 0.900 bits per heavy atom. The van der Waals surface area contributed by atoms with Crippen molar-refractivity contribution in [3.8, 4) is 0 Å². The predicted molar refractivity (Wildman–Crippen MR) is 115 cm³/mol. The van der Waals surface area contributed by atoms with Crippen LogP contribution in [0.25, 0.3) is 0 Å². The molecule has 2 aromatic carbocycles. The SMILES string of the molecule is O=C(c1ccc(Cl)cc1)N(Cc1ccc(Cl)cc1Cl)N1C(=O)[C@H]2CCCC[C@H]2C1=O. The van der Waals surface area contributed by atoms with Crippen molar-refractivity contribution in [2.24, 2.45) is 11.8 Å². The van der Waals surface area contributed by atoms with Gasteiger partial charge in [-0.25, -0.2) is 5.01 Å². The summed E-state index contributed by atoms with van der Waals surface area (Å²) < 4.78 is 0. The number of imide groups is 1. The Morgan fingerprint density at radius 2 is 1.47 bits per heavy atom. The first-order valence-corrected chi connectivity index (χ1v) is 10.9. The minimum absolute atomic E-state index is 0.0334. The number of carbonyl (C=O) groups is 3. The molecule has 1 heterocycles.